The molecule has 0 aromatic heterocycles. The number of anilines is 1. The molecule has 3 nitrogen and oxygen atoms in total. The minimum Gasteiger partial charge on any atom is -0.497 e. The first-order valence-electron chi connectivity index (χ1n) is 10.8. The molecule has 3 aromatic rings. The third-order valence-electron chi connectivity index (χ3n) is 6.24. The van der Waals surface area contributed by atoms with Crippen LogP contribution in [0.1, 0.15) is 43.0 Å². The number of ketones is 1. The van der Waals surface area contributed by atoms with Crippen LogP contribution in [0.4, 0.5) is 10.1 Å². The smallest absolute Gasteiger partial charge is 0.132 e. The molecule has 0 aliphatic carbocycles. The van der Waals surface area contributed by atoms with E-state index in [1.54, 1.807) is 26.2 Å². The molecule has 0 bridgehead atoms. The molecule has 0 spiro atoms. The number of methoxy groups -OCH3 is 1. The van der Waals surface area contributed by atoms with Gasteiger partial charge in [0.05, 0.1) is 13.2 Å². The standard InChI is InChI=1S/C27H28FNO2/c1-17(18(2)30)14-19-4-5-22-10-13-26(29-27(22)15-19)21-8-6-20(7-9-21)24-16-23(31-3)11-12-25(24)28/h4-9,11-12,15-17,26,29H,10,13-14H2,1-3H3. The Labute approximate surface area is 183 Å². The van der Waals surface area contributed by atoms with Gasteiger partial charge in [0.2, 0.25) is 0 Å². The fourth-order valence-corrected chi connectivity index (χ4v) is 4.16. The molecule has 0 saturated carbocycles. The topological polar surface area (TPSA) is 38.3 Å². The number of carbonyl (C=O) groups is 1. The van der Waals surface area contributed by atoms with E-state index < -0.39 is 0 Å². The molecule has 4 heteroatoms. The van der Waals surface area contributed by atoms with Gasteiger partial charge in [0.1, 0.15) is 17.3 Å². The minimum absolute atomic E-state index is 0.0296. The van der Waals surface area contributed by atoms with Crippen LogP contribution in [0.3, 0.4) is 0 Å². The monoisotopic (exact) mass is 417 g/mol. The molecule has 31 heavy (non-hydrogen) atoms. The Bertz CT molecular complexity index is 1090. The van der Waals surface area contributed by atoms with Gasteiger partial charge in [-0.1, -0.05) is 43.3 Å². The molecule has 1 aliphatic heterocycles. The summed E-state index contributed by atoms with van der Waals surface area (Å²) in [6, 6.07) is 19.6. The van der Waals surface area contributed by atoms with Crippen LogP contribution in [0, 0.1) is 11.7 Å². The van der Waals surface area contributed by atoms with E-state index >= 15 is 0 Å². The maximum Gasteiger partial charge on any atom is 0.132 e. The lowest BCUT2D eigenvalue weighted by Crippen LogP contribution is -2.18. The fraction of sp³-hybridized carbons (Fsp3) is 0.296. The van der Waals surface area contributed by atoms with Crippen LogP contribution in [-0.4, -0.2) is 12.9 Å². The van der Waals surface area contributed by atoms with Crippen LogP contribution < -0.4 is 10.1 Å². The quantitative estimate of drug-likeness (QED) is 0.507. The zero-order valence-electron chi connectivity index (χ0n) is 18.2. The average molecular weight is 418 g/mol. The third-order valence-corrected chi connectivity index (χ3v) is 6.24. The molecular weight excluding hydrogens is 389 g/mol. The van der Waals surface area contributed by atoms with E-state index in [4.69, 9.17) is 4.74 Å². The Balaban J connectivity index is 1.52. The molecular formula is C27H28FNO2. The summed E-state index contributed by atoms with van der Waals surface area (Å²) >= 11 is 0. The van der Waals surface area contributed by atoms with E-state index in [-0.39, 0.29) is 23.6 Å². The highest BCUT2D eigenvalue weighted by atomic mass is 19.1. The molecule has 1 heterocycles. The molecule has 160 valence electrons. The molecule has 1 N–H and O–H groups in total. The SMILES string of the molecule is COc1ccc(F)c(-c2ccc(C3CCc4ccc(CC(C)C(C)=O)cc4N3)cc2)c1. The molecule has 0 amide bonds. The van der Waals surface area contributed by atoms with Gasteiger partial charge in [-0.25, -0.2) is 4.39 Å². The van der Waals surface area contributed by atoms with E-state index in [0.29, 0.717) is 11.3 Å². The highest BCUT2D eigenvalue weighted by Crippen LogP contribution is 2.35. The molecule has 0 radical (unpaired) electrons. The van der Waals surface area contributed by atoms with Crippen molar-refractivity contribution in [2.45, 2.75) is 39.2 Å². The molecule has 4 rings (SSSR count). The summed E-state index contributed by atoms with van der Waals surface area (Å²) < 4.78 is 19.5. The minimum atomic E-state index is -0.259. The lowest BCUT2D eigenvalue weighted by Gasteiger charge is -2.28. The Hall–Kier alpha value is -3.14. The van der Waals surface area contributed by atoms with Gasteiger partial charge in [0.15, 0.2) is 0 Å². The van der Waals surface area contributed by atoms with Crippen LogP contribution >= 0.6 is 0 Å². The first-order valence-corrected chi connectivity index (χ1v) is 10.8. The third kappa shape index (κ3) is 4.63. The van der Waals surface area contributed by atoms with Crippen LogP contribution in [0.25, 0.3) is 11.1 Å². The van der Waals surface area contributed by atoms with Gasteiger partial charge in [0, 0.05) is 17.2 Å². The Morgan fingerprint density at radius 1 is 1.13 bits per heavy atom. The number of Topliss-reactive ketones (excluding diaryl/α,β-unsaturated/α-hetero) is 1. The van der Waals surface area contributed by atoms with Gasteiger partial charge in [-0.05, 0) is 72.7 Å². The first kappa shape index (κ1) is 21.1. The largest absolute Gasteiger partial charge is 0.497 e. The molecule has 1 aliphatic rings. The second-order valence-electron chi connectivity index (χ2n) is 8.41. The normalized spacial score (nSPS) is 16.2. The Kier molecular flexibility index (Phi) is 6.08. The number of carbonyl (C=O) groups excluding carboxylic acids is 1. The van der Waals surface area contributed by atoms with Gasteiger partial charge in [-0.15, -0.1) is 0 Å². The van der Waals surface area contributed by atoms with Crippen molar-refractivity contribution < 1.29 is 13.9 Å². The lowest BCUT2D eigenvalue weighted by molar-refractivity contribution is -0.120. The maximum absolute atomic E-state index is 14.3. The Morgan fingerprint density at radius 3 is 2.61 bits per heavy atom. The van der Waals surface area contributed by atoms with Crippen LogP contribution in [0.2, 0.25) is 0 Å². The second-order valence-corrected chi connectivity index (χ2v) is 8.41. The maximum atomic E-state index is 14.3. The van der Waals surface area contributed by atoms with Crippen LogP contribution in [-0.2, 0) is 17.6 Å². The van der Waals surface area contributed by atoms with E-state index in [0.717, 1.165) is 30.5 Å². The first-order chi connectivity index (χ1) is 14.9. The summed E-state index contributed by atoms with van der Waals surface area (Å²) in [6.07, 6.45) is 2.76. The second kappa shape index (κ2) is 8.93. The van der Waals surface area contributed by atoms with Crippen molar-refractivity contribution in [2.75, 3.05) is 12.4 Å². The zero-order valence-corrected chi connectivity index (χ0v) is 18.2. The molecule has 2 unspecified atom stereocenters. The summed E-state index contributed by atoms with van der Waals surface area (Å²) in [5, 5.41) is 3.67. The highest BCUT2D eigenvalue weighted by Gasteiger charge is 2.20. The van der Waals surface area contributed by atoms with Gasteiger partial charge in [0.25, 0.3) is 0 Å². The summed E-state index contributed by atoms with van der Waals surface area (Å²) in [7, 11) is 1.58. The van der Waals surface area contributed by atoms with E-state index in [2.05, 4.69) is 35.6 Å². The Morgan fingerprint density at radius 2 is 1.90 bits per heavy atom. The highest BCUT2D eigenvalue weighted by molar-refractivity contribution is 5.78. The van der Waals surface area contributed by atoms with Crippen molar-refractivity contribution in [2.24, 2.45) is 5.92 Å². The number of rotatable bonds is 6. The van der Waals surface area contributed by atoms with Gasteiger partial charge in [-0.2, -0.15) is 0 Å². The van der Waals surface area contributed by atoms with Gasteiger partial charge < -0.3 is 10.1 Å². The van der Waals surface area contributed by atoms with E-state index in [1.807, 2.05) is 19.1 Å². The predicted molar refractivity (Wildman–Crippen MR) is 123 cm³/mol. The molecule has 0 fully saturated rings. The summed E-state index contributed by atoms with van der Waals surface area (Å²) in [6.45, 7) is 3.63. The molecule has 3 aromatic carbocycles. The summed E-state index contributed by atoms with van der Waals surface area (Å²) in [5.74, 6) is 0.629. The fourth-order valence-electron chi connectivity index (χ4n) is 4.16. The number of nitrogens with one attached hydrogen (secondary N) is 1. The number of ether oxygens (including phenoxy) is 1. The van der Waals surface area contributed by atoms with Crippen molar-refractivity contribution in [3.8, 4) is 16.9 Å². The molecule has 2 atom stereocenters. The number of fused-ring (bicyclic) bond motifs is 1. The van der Waals surface area contributed by atoms with Crippen molar-refractivity contribution >= 4 is 11.5 Å². The molecule has 0 saturated heterocycles. The van der Waals surface area contributed by atoms with Crippen molar-refractivity contribution in [1.82, 2.24) is 0 Å². The zero-order chi connectivity index (χ0) is 22.0. The lowest BCUT2D eigenvalue weighted by atomic mass is 9.90. The van der Waals surface area contributed by atoms with E-state index in [1.165, 1.54) is 22.8 Å². The number of hydrogen-bond donors (Lipinski definition) is 1. The average Bonchev–Trinajstić information content (AvgIpc) is 2.79. The van der Waals surface area contributed by atoms with E-state index in [9.17, 15) is 9.18 Å². The summed E-state index contributed by atoms with van der Waals surface area (Å²) in [4.78, 5) is 11.6. The summed E-state index contributed by atoms with van der Waals surface area (Å²) in [5.41, 5.74) is 6.19. The number of benzene rings is 3. The van der Waals surface area contributed by atoms with Gasteiger partial charge in [-0.3, -0.25) is 4.79 Å². The van der Waals surface area contributed by atoms with Crippen molar-refractivity contribution in [1.29, 1.82) is 0 Å². The van der Waals surface area contributed by atoms with Crippen LogP contribution in [0.15, 0.2) is 60.7 Å². The number of hydrogen-bond acceptors (Lipinski definition) is 3. The predicted octanol–water partition coefficient (Wildman–Crippen LogP) is 6.37. The van der Waals surface area contributed by atoms with Crippen molar-refractivity contribution in [3.63, 3.8) is 0 Å². The number of aryl methyl sites for hydroxylation is 1. The van der Waals surface area contributed by atoms with Crippen molar-refractivity contribution in [3.05, 3.63) is 83.2 Å². The van der Waals surface area contributed by atoms with Crippen LogP contribution in [0.5, 0.6) is 5.75 Å². The number of halogens is 1. The van der Waals surface area contributed by atoms with Gasteiger partial charge >= 0.3 is 0 Å².